The summed E-state index contributed by atoms with van der Waals surface area (Å²) in [6.07, 6.45) is 2.05. The number of phenols is 1. The Morgan fingerprint density at radius 1 is 1.30 bits per heavy atom. The Morgan fingerprint density at radius 3 is 2.85 bits per heavy atom. The van der Waals surface area contributed by atoms with Gasteiger partial charge in [0.15, 0.2) is 5.96 Å². The lowest BCUT2D eigenvalue weighted by Gasteiger charge is -2.12. The average molecular weight is 378 g/mol. The van der Waals surface area contributed by atoms with Crippen LogP contribution in [-0.2, 0) is 9.47 Å². The van der Waals surface area contributed by atoms with Crippen LogP contribution in [0.2, 0.25) is 0 Å². The summed E-state index contributed by atoms with van der Waals surface area (Å²) in [5.41, 5.74) is 0.269. The first kappa shape index (κ1) is 21.0. The Bertz CT molecular complexity index is 603. The van der Waals surface area contributed by atoms with Crippen LogP contribution in [0.5, 0.6) is 5.75 Å². The smallest absolute Gasteiger partial charge is 0.255 e. The lowest BCUT2D eigenvalue weighted by Crippen LogP contribution is -2.41. The van der Waals surface area contributed by atoms with Crippen molar-refractivity contribution in [3.05, 3.63) is 29.8 Å². The molecule has 8 heteroatoms. The zero-order valence-corrected chi connectivity index (χ0v) is 15.9. The third kappa shape index (κ3) is 7.84. The van der Waals surface area contributed by atoms with Gasteiger partial charge in [0, 0.05) is 39.4 Å². The van der Waals surface area contributed by atoms with Gasteiger partial charge in [0.2, 0.25) is 0 Å². The number of hydrogen-bond donors (Lipinski definition) is 4. The summed E-state index contributed by atoms with van der Waals surface area (Å²) >= 11 is 0. The maximum atomic E-state index is 12.0. The highest BCUT2D eigenvalue weighted by molar-refractivity contribution is 5.96. The van der Waals surface area contributed by atoms with E-state index < -0.39 is 0 Å². The van der Waals surface area contributed by atoms with Gasteiger partial charge in [-0.2, -0.15) is 0 Å². The number of aromatic hydroxyl groups is 1. The first-order chi connectivity index (χ1) is 13.2. The standard InChI is InChI=1S/C19H30N4O4/c1-2-20-19(22-9-5-12-27-15-8-13-26-14-15)23-11-10-21-18(25)16-6-3-4-7-17(16)24/h3-4,6-7,15,24H,2,5,8-14H2,1H3,(H,21,25)(H2,20,22,23). The van der Waals surface area contributed by atoms with Crippen molar-refractivity contribution in [3.63, 3.8) is 0 Å². The van der Waals surface area contributed by atoms with Crippen molar-refractivity contribution in [1.29, 1.82) is 0 Å². The van der Waals surface area contributed by atoms with E-state index in [1.54, 1.807) is 18.2 Å². The fraction of sp³-hybridized carbons (Fsp3) is 0.579. The Morgan fingerprint density at radius 2 is 2.11 bits per heavy atom. The van der Waals surface area contributed by atoms with Crippen LogP contribution in [0.25, 0.3) is 0 Å². The van der Waals surface area contributed by atoms with Gasteiger partial charge in [-0.1, -0.05) is 12.1 Å². The molecule has 1 saturated heterocycles. The topological polar surface area (TPSA) is 104 Å². The fourth-order valence-corrected chi connectivity index (χ4v) is 2.61. The van der Waals surface area contributed by atoms with Crippen LogP contribution in [0.15, 0.2) is 29.3 Å². The van der Waals surface area contributed by atoms with E-state index in [4.69, 9.17) is 9.47 Å². The van der Waals surface area contributed by atoms with Crippen molar-refractivity contribution in [2.75, 3.05) is 46.0 Å². The summed E-state index contributed by atoms with van der Waals surface area (Å²) in [6, 6.07) is 6.47. The molecule has 1 aliphatic rings. The largest absolute Gasteiger partial charge is 0.507 e. The Hall–Kier alpha value is -2.32. The number of phenolic OH excluding ortho intramolecular Hbond substituents is 1. The number of amides is 1. The third-order valence-electron chi connectivity index (χ3n) is 4.01. The molecule has 1 aliphatic heterocycles. The highest BCUT2D eigenvalue weighted by atomic mass is 16.5. The van der Waals surface area contributed by atoms with E-state index in [0.717, 1.165) is 26.0 Å². The maximum absolute atomic E-state index is 12.0. The summed E-state index contributed by atoms with van der Waals surface area (Å²) < 4.78 is 11.0. The minimum Gasteiger partial charge on any atom is -0.507 e. The molecule has 1 heterocycles. The van der Waals surface area contributed by atoms with E-state index in [2.05, 4.69) is 20.9 Å². The van der Waals surface area contributed by atoms with Crippen LogP contribution < -0.4 is 16.0 Å². The first-order valence-electron chi connectivity index (χ1n) is 9.48. The van der Waals surface area contributed by atoms with Crippen LogP contribution in [0.4, 0.5) is 0 Å². The van der Waals surface area contributed by atoms with E-state index >= 15 is 0 Å². The Labute approximate surface area is 160 Å². The maximum Gasteiger partial charge on any atom is 0.255 e. The predicted octanol–water partition coefficient (Wildman–Crippen LogP) is 0.873. The Balaban J connectivity index is 1.62. The van der Waals surface area contributed by atoms with Crippen molar-refractivity contribution in [2.45, 2.75) is 25.9 Å². The number of aliphatic imine (C=N–C) groups is 1. The molecule has 1 aromatic carbocycles. The molecule has 0 spiro atoms. The van der Waals surface area contributed by atoms with Crippen LogP contribution >= 0.6 is 0 Å². The Kier molecular flexibility index (Phi) is 9.43. The van der Waals surface area contributed by atoms with Gasteiger partial charge in [-0.05, 0) is 31.9 Å². The molecule has 1 fully saturated rings. The van der Waals surface area contributed by atoms with Crippen molar-refractivity contribution in [3.8, 4) is 5.75 Å². The van der Waals surface area contributed by atoms with Gasteiger partial charge in [0.05, 0.1) is 18.3 Å². The minimum atomic E-state index is -0.301. The molecule has 0 saturated carbocycles. The second-order valence-corrected chi connectivity index (χ2v) is 6.17. The molecule has 1 unspecified atom stereocenters. The van der Waals surface area contributed by atoms with Crippen molar-refractivity contribution >= 4 is 11.9 Å². The monoisotopic (exact) mass is 378 g/mol. The number of para-hydroxylation sites is 1. The van der Waals surface area contributed by atoms with Crippen LogP contribution in [0.3, 0.4) is 0 Å². The van der Waals surface area contributed by atoms with Gasteiger partial charge in [-0.15, -0.1) is 0 Å². The van der Waals surface area contributed by atoms with E-state index in [1.807, 2.05) is 6.92 Å². The van der Waals surface area contributed by atoms with Gasteiger partial charge in [-0.3, -0.25) is 9.79 Å². The second-order valence-electron chi connectivity index (χ2n) is 6.17. The second kappa shape index (κ2) is 12.1. The molecule has 0 bridgehead atoms. The summed E-state index contributed by atoms with van der Waals surface area (Å²) in [5, 5.41) is 18.8. The number of ether oxygens (including phenoxy) is 2. The molecule has 0 aliphatic carbocycles. The van der Waals surface area contributed by atoms with E-state index in [-0.39, 0.29) is 23.3 Å². The summed E-state index contributed by atoms with van der Waals surface area (Å²) in [5.74, 6) is 0.382. The number of nitrogens with zero attached hydrogens (tertiary/aromatic N) is 1. The van der Waals surface area contributed by atoms with Crippen molar-refractivity contribution < 1.29 is 19.4 Å². The van der Waals surface area contributed by atoms with Gasteiger partial charge in [0.25, 0.3) is 5.91 Å². The first-order valence-corrected chi connectivity index (χ1v) is 9.48. The molecule has 1 amide bonds. The lowest BCUT2D eigenvalue weighted by atomic mass is 10.2. The van der Waals surface area contributed by atoms with Crippen molar-refractivity contribution in [1.82, 2.24) is 16.0 Å². The summed E-state index contributed by atoms with van der Waals surface area (Å²) in [4.78, 5) is 16.5. The van der Waals surface area contributed by atoms with Gasteiger partial charge >= 0.3 is 0 Å². The molecule has 1 aromatic rings. The van der Waals surface area contributed by atoms with Gasteiger partial charge < -0.3 is 30.5 Å². The van der Waals surface area contributed by atoms with Crippen LogP contribution in [0, 0.1) is 0 Å². The molecule has 150 valence electrons. The molecule has 0 radical (unpaired) electrons. The minimum absolute atomic E-state index is 0.0238. The molecule has 0 aromatic heterocycles. The summed E-state index contributed by atoms with van der Waals surface area (Å²) in [6.45, 7) is 6.52. The molecular formula is C19H30N4O4. The quantitative estimate of drug-likeness (QED) is 0.274. The number of rotatable bonds is 10. The summed E-state index contributed by atoms with van der Waals surface area (Å²) in [7, 11) is 0. The molecule has 1 atom stereocenters. The third-order valence-corrected chi connectivity index (χ3v) is 4.01. The molecule has 27 heavy (non-hydrogen) atoms. The molecule has 8 nitrogen and oxygen atoms in total. The van der Waals surface area contributed by atoms with Crippen LogP contribution in [0.1, 0.15) is 30.1 Å². The van der Waals surface area contributed by atoms with E-state index in [0.29, 0.717) is 38.8 Å². The molecule has 4 N–H and O–H groups in total. The van der Waals surface area contributed by atoms with Crippen molar-refractivity contribution in [2.24, 2.45) is 4.99 Å². The lowest BCUT2D eigenvalue weighted by molar-refractivity contribution is 0.0424. The zero-order chi connectivity index (χ0) is 19.3. The predicted molar refractivity (Wildman–Crippen MR) is 104 cm³/mol. The van der Waals surface area contributed by atoms with Gasteiger partial charge in [-0.25, -0.2) is 0 Å². The normalized spacial score (nSPS) is 16.9. The highest BCUT2D eigenvalue weighted by Crippen LogP contribution is 2.14. The number of hydrogen-bond acceptors (Lipinski definition) is 5. The van der Waals surface area contributed by atoms with E-state index in [9.17, 15) is 9.90 Å². The fourth-order valence-electron chi connectivity index (χ4n) is 2.61. The van der Waals surface area contributed by atoms with Crippen LogP contribution in [-0.4, -0.2) is 69.1 Å². The van der Waals surface area contributed by atoms with E-state index in [1.165, 1.54) is 6.07 Å². The molecular weight excluding hydrogens is 348 g/mol. The zero-order valence-electron chi connectivity index (χ0n) is 15.9. The highest BCUT2D eigenvalue weighted by Gasteiger charge is 2.15. The number of nitrogens with one attached hydrogen (secondary N) is 3. The number of carbonyl (C=O) groups is 1. The average Bonchev–Trinajstić information content (AvgIpc) is 3.18. The van der Waals surface area contributed by atoms with Gasteiger partial charge in [0.1, 0.15) is 5.75 Å². The SMILES string of the molecule is CCNC(=NCCCOC1CCOC1)NCCNC(=O)c1ccccc1O. The molecule has 2 rings (SSSR count). The number of guanidine groups is 1. The number of benzene rings is 1. The number of carbonyl (C=O) groups excluding carboxylic acids is 1.